The van der Waals surface area contributed by atoms with Crippen molar-refractivity contribution >= 4 is 11.6 Å². The van der Waals surface area contributed by atoms with E-state index < -0.39 is 0 Å². The molecule has 0 heterocycles. The minimum atomic E-state index is 0.527. The number of halogens is 1. The molecule has 0 bridgehead atoms. The molecule has 0 spiro atoms. The average Bonchev–Trinajstić information content (AvgIpc) is 2.15. The Balaban J connectivity index is 3.05. The Hall–Kier alpha value is -0.490. The third-order valence-corrected chi connectivity index (χ3v) is 3.90. The van der Waals surface area contributed by atoms with Crippen LogP contribution in [0.4, 0.5) is 0 Å². The summed E-state index contributed by atoms with van der Waals surface area (Å²) in [6.07, 6.45) is 0. The van der Waals surface area contributed by atoms with Crippen LogP contribution in [0.15, 0.2) is 18.2 Å². The van der Waals surface area contributed by atoms with Gasteiger partial charge < -0.3 is 0 Å². The quantitative estimate of drug-likeness (QED) is 0.675. The van der Waals surface area contributed by atoms with Crippen molar-refractivity contribution in [2.75, 3.05) is 0 Å². The molecule has 1 heteroatoms. The Bertz CT molecular complexity index is 308. The van der Waals surface area contributed by atoms with E-state index in [1.54, 1.807) is 0 Å². The molecular weight excluding hydrogens is 204 g/mol. The van der Waals surface area contributed by atoms with Gasteiger partial charge in [-0.2, -0.15) is 0 Å². The lowest BCUT2D eigenvalue weighted by Gasteiger charge is -2.26. The fourth-order valence-electron chi connectivity index (χ4n) is 2.06. The van der Waals surface area contributed by atoms with E-state index >= 15 is 0 Å². The molecule has 0 N–H and O–H groups in total. The van der Waals surface area contributed by atoms with Gasteiger partial charge in [-0.15, -0.1) is 0 Å². The molecule has 0 amide bonds. The number of rotatable bonds is 3. The summed E-state index contributed by atoms with van der Waals surface area (Å²) < 4.78 is 0. The summed E-state index contributed by atoms with van der Waals surface area (Å²) in [5.41, 5.74) is 2.63. The van der Waals surface area contributed by atoms with Gasteiger partial charge in [0, 0.05) is 5.02 Å². The van der Waals surface area contributed by atoms with Crippen LogP contribution in [0.5, 0.6) is 0 Å². The first-order chi connectivity index (χ1) is 6.95. The Morgan fingerprint density at radius 2 is 1.67 bits per heavy atom. The third kappa shape index (κ3) is 2.75. The summed E-state index contributed by atoms with van der Waals surface area (Å²) in [6.45, 7) is 11.3. The van der Waals surface area contributed by atoms with E-state index in [1.807, 2.05) is 12.1 Å². The lowest BCUT2D eigenvalue weighted by molar-refractivity contribution is 0.362. The van der Waals surface area contributed by atoms with Gasteiger partial charge in [0.25, 0.3) is 0 Å². The highest BCUT2D eigenvalue weighted by molar-refractivity contribution is 6.31. The Kier molecular flexibility index (Phi) is 4.21. The molecule has 84 valence electrons. The summed E-state index contributed by atoms with van der Waals surface area (Å²) in [5.74, 6) is 1.87. The second-order valence-corrected chi connectivity index (χ2v) is 5.27. The van der Waals surface area contributed by atoms with Crippen LogP contribution in [-0.2, 0) is 0 Å². The molecule has 0 fully saturated rings. The maximum Gasteiger partial charge on any atom is 0.0443 e. The van der Waals surface area contributed by atoms with E-state index in [4.69, 9.17) is 11.6 Å². The Morgan fingerprint density at radius 1 is 1.07 bits per heavy atom. The van der Waals surface area contributed by atoms with Gasteiger partial charge in [-0.25, -0.2) is 0 Å². The molecule has 1 aromatic carbocycles. The molecule has 15 heavy (non-hydrogen) atoms. The number of hydrogen-bond acceptors (Lipinski definition) is 0. The maximum atomic E-state index is 6.27. The summed E-state index contributed by atoms with van der Waals surface area (Å²) in [6, 6.07) is 6.16. The summed E-state index contributed by atoms with van der Waals surface area (Å²) in [4.78, 5) is 0. The molecule has 2 atom stereocenters. The van der Waals surface area contributed by atoms with Crippen molar-refractivity contribution in [3.8, 4) is 0 Å². The molecule has 0 aliphatic heterocycles. The van der Waals surface area contributed by atoms with Crippen LogP contribution in [0, 0.1) is 18.8 Å². The summed E-state index contributed by atoms with van der Waals surface area (Å²) >= 11 is 6.27. The molecule has 0 aromatic heterocycles. The van der Waals surface area contributed by atoms with Gasteiger partial charge in [0.05, 0.1) is 0 Å². The third-order valence-electron chi connectivity index (χ3n) is 3.57. The summed E-state index contributed by atoms with van der Waals surface area (Å²) in [5, 5.41) is 0.912. The van der Waals surface area contributed by atoms with Gasteiger partial charge in [0.2, 0.25) is 0 Å². The van der Waals surface area contributed by atoms with E-state index in [-0.39, 0.29) is 0 Å². The molecule has 0 radical (unpaired) electrons. The Morgan fingerprint density at radius 3 is 2.13 bits per heavy atom. The minimum absolute atomic E-state index is 0.527. The smallest absolute Gasteiger partial charge is 0.0443 e. The van der Waals surface area contributed by atoms with Gasteiger partial charge in [0.15, 0.2) is 0 Å². The van der Waals surface area contributed by atoms with Crippen LogP contribution >= 0.6 is 11.6 Å². The monoisotopic (exact) mass is 224 g/mol. The SMILES string of the molecule is Cc1cccc(Cl)c1C(C)C(C)C(C)C. The zero-order valence-electron chi connectivity index (χ0n) is 10.3. The van der Waals surface area contributed by atoms with Crippen molar-refractivity contribution in [3.63, 3.8) is 0 Å². The Labute approximate surface area is 98.7 Å². The summed E-state index contributed by atoms with van der Waals surface area (Å²) in [7, 11) is 0. The zero-order valence-corrected chi connectivity index (χ0v) is 11.1. The van der Waals surface area contributed by atoms with E-state index in [0.29, 0.717) is 17.8 Å². The number of benzene rings is 1. The lowest BCUT2D eigenvalue weighted by Crippen LogP contribution is -2.14. The second-order valence-electron chi connectivity index (χ2n) is 4.86. The average molecular weight is 225 g/mol. The van der Waals surface area contributed by atoms with Crippen LogP contribution in [0.2, 0.25) is 5.02 Å². The number of aryl methyl sites for hydroxylation is 1. The van der Waals surface area contributed by atoms with E-state index in [9.17, 15) is 0 Å². The van der Waals surface area contributed by atoms with Gasteiger partial charge in [-0.05, 0) is 41.9 Å². The van der Waals surface area contributed by atoms with Crippen molar-refractivity contribution in [2.24, 2.45) is 11.8 Å². The van der Waals surface area contributed by atoms with Crippen LogP contribution in [0.3, 0.4) is 0 Å². The molecule has 0 aliphatic carbocycles. The fraction of sp³-hybridized carbons (Fsp3) is 0.571. The number of hydrogen-bond donors (Lipinski definition) is 0. The first kappa shape index (κ1) is 12.6. The molecule has 1 rings (SSSR count). The predicted octanol–water partition coefficient (Wildman–Crippen LogP) is 5.04. The molecule has 1 aromatic rings. The van der Waals surface area contributed by atoms with Crippen molar-refractivity contribution in [1.82, 2.24) is 0 Å². The highest BCUT2D eigenvalue weighted by Crippen LogP contribution is 2.35. The molecular formula is C14H21Cl. The van der Waals surface area contributed by atoms with Crippen molar-refractivity contribution in [2.45, 2.75) is 40.5 Å². The lowest BCUT2D eigenvalue weighted by atomic mass is 9.80. The zero-order chi connectivity index (χ0) is 11.6. The van der Waals surface area contributed by atoms with Gasteiger partial charge in [-0.1, -0.05) is 51.4 Å². The fourth-order valence-corrected chi connectivity index (χ4v) is 2.46. The largest absolute Gasteiger partial charge is 0.0840 e. The molecule has 0 aliphatic rings. The molecule has 0 saturated carbocycles. The highest BCUT2D eigenvalue weighted by atomic mass is 35.5. The predicted molar refractivity (Wildman–Crippen MR) is 68.6 cm³/mol. The van der Waals surface area contributed by atoms with E-state index in [1.165, 1.54) is 11.1 Å². The molecule has 0 saturated heterocycles. The van der Waals surface area contributed by atoms with Gasteiger partial charge >= 0.3 is 0 Å². The maximum absolute atomic E-state index is 6.27. The first-order valence-electron chi connectivity index (χ1n) is 5.70. The first-order valence-corrected chi connectivity index (χ1v) is 6.08. The van der Waals surface area contributed by atoms with Crippen molar-refractivity contribution < 1.29 is 0 Å². The van der Waals surface area contributed by atoms with Crippen molar-refractivity contribution in [3.05, 3.63) is 34.3 Å². The minimum Gasteiger partial charge on any atom is -0.0840 e. The topological polar surface area (TPSA) is 0 Å². The van der Waals surface area contributed by atoms with Crippen molar-refractivity contribution in [1.29, 1.82) is 0 Å². The van der Waals surface area contributed by atoms with Gasteiger partial charge in [-0.3, -0.25) is 0 Å². The standard InChI is InChI=1S/C14H21Cl/c1-9(2)11(4)12(5)14-10(3)7-6-8-13(14)15/h6-9,11-12H,1-5H3. The van der Waals surface area contributed by atoms with Crippen LogP contribution < -0.4 is 0 Å². The normalized spacial score (nSPS) is 15.4. The molecule has 0 nitrogen and oxygen atoms in total. The van der Waals surface area contributed by atoms with Gasteiger partial charge in [0.1, 0.15) is 0 Å². The van der Waals surface area contributed by atoms with Crippen LogP contribution in [0.1, 0.15) is 44.7 Å². The van der Waals surface area contributed by atoms with E-state index in [2.05, 4.69) is 40.7 Å². The van der Waals surface area contributed by atoms with Crippen LogP contribution in [0.25, 0.3) is 0 Å². The molecule has 2 unspecified atom stereocenters. The van der Waals surface area contributed by atoms with E-state index in [0.717, 1.165) is 5.02 Å². The highest BCUT2D eigenvalue weighted by Gasteiger charge is 2.20. The van der Waals surface area contributed by atoms with Crippen LogP contribution in [-0.4, -0.2) is 0 Å². The second kappa shape index (κ2) is 5.03.